The first-order chi connectivity index (χ1) is 9.78. The van der Waals surface area contributed by atoms with Crippen LogP contribution >= 0.6 is 11.8 Å². The molecule has 1 fully saturated rings. The molecule has 0 heterocycles. The van der Waals surface area contributed by atoms with Crippen LogP contribution in [0.2, 0.25) is 0 Å². The monoisotopic (exact) mass is 293 g/mol. The maximum Gasteiger partial charge on any atom is 0.118 e. The van der Waals surface area contributed by atoms with Gasteiger partial charge in [-0.1, -0.05) is 31.4 Å². The molecule has 112 valence electrons. The third-order valence-electron chi connectivity index (χ3n) is 4.39. The normalized spacial score (nSPS) is 17.9. The van der Waals surface area contributed by atoms with Gasteiger partial charge in [0, 0.05) is 11.3 Å². The van der Waals surface area contributed by atoms with Crippen molar-refractivity contribution in [3.63, 3.8) is 0 Å². The second-order valence-corrected chi connectivity index (χ2v) is 7.00. The molecule has 0 aromatic heterocycles. The quantitative estimate of drug-likeness (QED) is 0.771. The summed E-state index contributed by atoms with van der Waals surface area (Å²) in [6.45, 7) is 2.22. The van der Waals surface area contributed by atoms with Gasteiger partial charge in [0.1, 0.15) is 5.75 Å². The van der Waals surface area contributed by atoms with Crippen LogP contribution in [0, 0.1) is 0 Å². The summed E-state index contributed by atoms with van der Waals surface area (Å²) in [4.78, 5) is 0. The average Bonchev–Trinajstić information content (AvgIpc) is 2.53. The SMILES string of the molecule is COc1ccc(CCNCC2(SC)CCCCC2)cc1. The molecule has 1 aromatic rings. The molecule has 1 aromatic carbocycles. The van der Waals surface area contributed by atoms with Gasteiger partial charge in [-0.15, -0.1) is 0 Å². The molecule has 2 rings (SSSR count). The summed E-state index contributed by atoms with van der Waals surface area (Å²) in [5, 5.41) is 3.67. The lowest BCUT2D eigenvalue weighted by Gasteiger charge is -2.36. The zero-order valence-corrected chi connectivity index (χ0v) is 13.6. The highest BCUT2D eigenvalue weighted by Gasteiger charge is 2.30. The van der Waals surface area contributed by atoms with Gasteiger partial charge in [0.05, 0.1) is 7.11 Å². The number of hydrogen-bond acceptors (Lipinski definition) is 3. The standard InChI is InChI=1S/C17H27NOS/c1-19-16-8-6-15(7-9-16)10-13-18-14-17(20-2)11-4-3-5-12-17/h6-9,18H,3-5,10-14H2,1-2H3. The molecule has 1 aliphatic rings. The van der Waals surface area contributed by atoms with Gasteiger partial charge < -0.3 is 10.1 Å². The van der Waals surface area contributed by atoms with E-state index in [1.807, 2.05) is 12.1 Å². The lowest BCUT2D eigenvalue weighted by atomic mass is 9.88. The Hall–Kier alpha value is -0.670. The Labute approximate surface area is 127 Å². The van der Waals surface area contributed by atoms with E-state index in [9.17, 15) is 0 Å². The molecular weight excluding hydrogens is 266 g/mol. The zero-order valence-electron chi connectivity index (χ0n) is 12.8. The molecule has 1 N–H and O–H groups in total. The smallest absolute Gasteiger partial charge is 0.118 e. The largest absolute Gasteiger partial charge is 0.497 e. The van der Waals surface area contributed by atoms with Crippen molar-refractivity contribution in [1.82, 2.24) is 5.32 Å². The van der Waals surface area contributed by atoms with Gasteiger partial charge in [-0.3, -0.25) is 0 Å². The highest BCUT2D eigenvalue weighted by atomic mass is 32.2. The summed E-state index contributed by atoms with van der Waals surface area (Å²) >= 11 is 2.07. The van der Waals surface area contributed by atoms with Crippen LogP contribution < -0.4 is 10.1 Å². The van der Waals surface area contributed by atoms with E-state index in [1.165, 1.54) is 37.7 Å². The minimum Gasteiger partial charge on any atom is -0.497 e. The van der Waals surface area contributed by atoms with Crippen molar-refractivity contribution in [1.29, 1.82) is 0 Å². The van der Waals surface area contributed by atoms with Crippen molar-refractivity contribution in [2.45, 2.75) is 43.3 Å². The lowest BCUT2D eigenvalue weighted by molar-refractivity contribution is 0.381. The van der Waals surface area contributed by atoms with Crippen LogP contribution in [0.1, 0.15) is 37.7 Å². The number of methoxy groups -OCH3 is 1. The number of thioether (sulfide) groups is 1. The molecule has 0 unspecified atom stereocenters. The Kier molecular flexibility index (Phi) is 6.24. The van der Waals surface area contributed by atoms with Crippen molar-refractivity contribution >= 4 is 11.8 Å². The van der Waals surface area contributed by atoms with Crippen LogP contribution in [0.4, 0.5) is 0 Å². The molecule has 0 saturated heterocycles. The molecule has 0 amide bonds. The molecule has 0 spiro atoms. The number of benzene rings is 1. The Morgan fingerprint density at radius 3 is 2.45 bits per heavy atom. The fourth-order valence-corrected chi connectivity index (χ4v) is 3.93. The maximum absolute atomic E-state index is 5.18. The Morgan fingerprint density at radius 2 is 1.85 bits per heavy atom. The first-order valence-corrected chi connectivity index (χ1v) is 8.89. The van der Waals surface area contributed by atoms with Crippen LogP contribution in [-0.4, -0.2) is 31.2 Å². The van der Waals surface area contributed by atoms with Crippen LogP contribution in [0.3, 0.4) is 0 Å². The van der Waals surface area contributed by atoms with E-state index in [2.05, 4.69) is 35.5 Å². The maximum atomic E-state index is 5.18. The number of hydrogen-bond donors (Lipinski definition) is 1. The van der Waals surface area contributed by atoms with Crippen molar-refractivity contribution in [3.8, 4) is 5.75 Å². The topological polar surface area (TPSA) is 21.3 Å². The first kappa shape index (κ1) is 15.7. The predicted octanol–water partition coefficient (Wildman–Crippen LogP) is 3.89. The summed E-state index contributed by atoms with van der Waals surface area (Å²) in [5.41, 5.74) is 1.38. The summed E-state index contributed by atoms with van der Waals surface area (Å²) in [6, 6.07) is 8.40. The van der Waals surface area contributed by atoms with E-state index in [1.54, 1.807) is 7.11 Å². The summed E-state index contributed by atoms with van der Waals surface area (Å²) < 4.78 is 5.68. The minimum atomic E-state index is 0.498. The molecule has 0 radical (unpaired) electrons. The Bertz CT molecular complexity index is 384. The summed E-state index contributed by atoms with van der Waals surface area (Å²) in [5.74, 6) is 0.935. The number of rotatable bonds is 7. The van der Waals surface area contributed by atoms with Crippen LogP contribution in [0.25, 0.3) is 0 Å². The second kappa shape index (κ2) is 7.94. The fraction of sp³-hybridized carbons (Fsp3) is 0.647. The highest BCUT2D eigenvalue weighted by molar-refractivity contribution is 8.00. The first-order valence-electron chi connectivity index (χ1n) is 7.67. The molecule has 1 aliphatic carbocycles. The van der Waals surface area contributed by atoms with Gasteiger partial charge in [0.15, 0.2) is 0 Å². The van der Waals surface area contributed by atoms with Crippen molar-refractivity contribution in [2.75, 3.05) is 26.5 Å². The summed E-state index contributed by atoms with van der Waals surface area (Å²) in [6.07, 6.45) is 10.4. The molecule has 0 aliphatic heterocycles. The lowest BCUT2D eigenvalue weighted by Crippen LogP contribution is -2.40. The third kappa shape index (κ3) is 4.42. The molecule has 0 bridgehead atoms. The third-order valence-corrected chi connectivity index (χ3v) is 5.81. The van der Waals surface area contributed by atoms with Gasteiger partial charge in [-0.2, -0.15) is 11.8 Å². The van der Waals surface area contributed by atoms with E-state index in [-0.39, 0.29) is 0 Å². The van der Waals surface area contributed by atoms with Gasteiger partial charge in [-0.25, -0.2) is 0 Å². The van der Waals surface area contributed by atoms with Crippen molar-refractivity contribution < 1.29 is 4.74 Å². The zero-order chi connectivity index (χ0) is 14.3. The van der Waals surface area contributed by atoms with Gasteiger partial charge in [0.2, 0.25) is 0 Å². The molecule has 2 nitrogen and oxygen atoms in total. The Morgan fingerprint density at radius 1 is 1.15 bits per heavy atom. The Balaban J connectivity index is 1.72. The van der Waals surface area contributed by atoms with E-state index in [0.29, 0.717) is 4.75 Å². The minimum absolute atomic E-state index is 0.498. The van der Waals surface area contributed by atoms with Gasteiger partial charge in [-0.05, 0) is 49.8 Å². The van der Waals surface area contributed by atoms with Gasteiger partial charge in [0.25, 0.3) is 0 Å². The average molecular weight is 293 g/mol. The van der Waals surface area contributed by atoms with Crippen molar-refractivity contribution in [3.05, 3.63) is 29.8 Å². The fourth-order valence-electron chi connectivity index (χ4n) is 2.99. The molecule has 3 heteroatoms. The highest BCUT2D eigenvalue weighted by Crippen LogP contribution is 2.37. The number of ether oxygens (including phenoxy) is 1. The van der Waals surface area contributed by atoms with Crippen LogP contribution in [-0.2, 0) is 6.42 Å². The second-order valence-electron chi connectivity index (χ2n) is 5.72. The van der Waals surface area contributed by atoms with E-state index >= 15 is 0 Å². The molecular formula is C17H27NOS. The van der Waals surface area contributed by atoms with E-state index < -0.39 is 0 Å². The van der Waals surface area contributed by atoms with Crippen LogP contribution in [0.15, 0.2) is 24.3 Å². The molecule has 0 atom stereocenters. The van der Waals surface area contributed by atoms with Gasteiger partial charge >= 0.3 is 0 Å². The number of nitrogens with one attached hydrogen (secondary N) is 1. The van der Waals surface area contributed by atoms with Crippen LogP contribution in [0.5, 0.6) is 5.75 Å². The molecule has 1 saturated carbocycles. The molecule has 20 heavy (non-hydrogen) atoms. The van der Waals surface area contributed by atoms with E-state index in [0.717, 1.165) is 25.3 Å². The predicted molar refractivity (Wildman–Crippen MR) is 88.9 cm³/mol. The van der Waals surface area contributed by atoms with Crippen molar-refractivity contribution in [2.24, 2.45) is 0 Å². The summed E-state index contributed by atoms with van der Waals surface area (Å²) in [7, 11) is 1.71. The van der Waals surface area contributed by atoms with E-state index in [4.69, 9.17) is 4.74 Å².